The number of carbonyl (C=O) groups excluding carboxylic acids is 1. The van der Waals surface area contributed by atoms with Gasteiger partial charge in [0.05, 0.1) is 30.9 Å². The first-order valence-electron chi connectivity index (χ1n) is 5.82. The lowest BCUT2D eigenvalue weighted by molar-refractivity contribution is -0.0550. The van der Waals surface area contributed by atoms with E-state index >= 15 is 0 Å². The molecule has 3 heterocycles. The SMILES string of the molecule is O=C(c1ccsc1)N1CCOCC12CCOC2. The third-order valence-corrected chi connectivity index (χ3v) is 4.18. The molecule has 2 fully saturated rings. The zero-order valence-electron chi connectivity index (χ0n) is 9.55. The van der Waals surface area contributed by atoms with Crippen molar-refractivity contribution >= 4 is 17.2 Å². The number of carbonyl (C=O) groups is 1. The molecule has 0 aliphatic carbocycles. The molecule has 1 atom stereocenters. The molecule has 4 nitrogen and oxygen atoms in total. The number of nitrogens with zero attached hydrogens (tertiary/aromatic N) is 1. The van der Waals surface area contributed by atoms with Crippen LogP contribution in [-0.4, -0.2) is 49.3 Å². The van der Waals surface area contributed by atoms with E-state index in [0.717, 1.165) is 18.6 Å². The fraction of sp³-hybridized carbons (Fsp3) is 0.583. The zero-order valence-corrected chi connectivity index (χ0v) is 10.4. The Hall–Kier alpha value is -0.910. The molecule has 2 aliphatic rings. The van der Waals surface area contributed by atoms with Crippen LogP contribution in [0.1, 0.15) is 16.8 Å². The second kappa shape index (κ2) is 4.40. The van der Waals surface area contributed by atoms with E-state index in [1.54, 1.807) is 11.3 Å². The van der Waals surface area contributed by atoms with E-state index in [1.165, 1.54) is 0 Å². The van der Waals surface area contributed by atoms with Crippen molar-refractivity contribution in [1.82, 2.24) is 4.90 Å². The van der Waals surface area contributed by atoms with Gasteiger partial charge in [0, 0.05) is 18.5 Å². The third-order valence-electron chi connectivity index (χ3n) is 3.50. The molecule has 0 N–H and O–H groups in total. The molecule has 1 aromatic heterocycles. The summed E-state index contributed by atoms with van der Waals surface area (Å²) in [4.78, 5) is 14.4. The van der Waals surface area contributed by atoms with Crippen LogP contribution in [0, 0.1) is 0 Å². The average Bonchev–Trinajstić information content (AvgIpc) is 3.00. The van der Waals surface area contributed by atoms with E-state index in [4.69, 9.17) is 9.47 Å². The second-order valence-corrected chi connectivity index (χ2v) is 5.33. The number of rotatable bonds is 1. The Morgan fingerprint density at radius 2 is 2.18 bits per heavy atom. The van der Waals surface area contributed by atoms with Crippen LogP contribution in [0.25, 0.3) is 0 Å². The fourth-order valence-corrected chi connectivity index (χ4v) is 3.14. The largest absolute Gasteiger partial charge is 0.379 e. The van der Waals surface area contributed by atoms with E-state index in [1.807, 2.05) is 21.7 Å². The van der Waals surface area contributed by atoms with Crippen molar-refractivity contribution in [2.75, 3.05) is 33.0 Å². The van der Waals surface area contributed by atoms with Gasteiger partial charge in [-0.05, 0) is 17.9 Å². The molecule has 1 unspecified atom stereocenters. The van der Waals surface area contributed by atoms with Gasteiger partial charge in [-0.25, -0.2) is 0 Å². The van der Waals surface area contributed by atoms with E-state index in [2.05, 4.69) is 0 Å². The maximum atomic E-state index is 12.4. The third kappa shape index (κ3) is 1.88. The van der Waals surface area contributed by atoms with Gasteiger partial charge in [0.15, 0.2) is 0 Å². The highest BCUT2D eigenvalue weighted by Gasteiger charge is 2.45. The smallest absolute Gasteiger partial charge is 0.255 e. The van der Waals surface area contributed by atoms with Gasteiger partial charge in [0.2, 0.25) is 0 Å². The normalized spacial score (nSPS) is 28.8. The molecule has 2 aliphatic heterocycles. The Morgan fingerprint density at radius 3 is 2.88 bits per heavy atom. The number of amides is 1. The lowest BCUT2D eigenvalue weighted by Crippen LogP contribution is -2.59. The summed E-state index contributed by atoms with van der Waals surface area (Å²) in [6.45, 7) is 3.21. The summed E-state index contributed by atoms with van der Waals surface area (Å²) in [5.74, 6) is 0.111. The molecule has 3 rings (SSSR count). The number of morpholine rings is 1. The first-order chi connectivity index (χ1) is 8.32. The lowest BCUT2D eigenvalue weighted by atomic mass is 9.95. The first kappa shape index (κ1) is 11.2. The molecule has 1 aromatic rings. The highest BCUT2D eigenvalue weighted by Crippen LogP contribution is 2.30. The minimum Gasteiger partial charge on any atom is -0.379 e. The van der Waals surface area contributed by atoms with Gasteiger partial charge in [-0.1, -0.05) is 0 Å². The Labute approximate surface area is 104 Å². The van der Waals surface area contributed by atoms with Crippen LogP contribution in [0.2, 0.25) is 0 Å². The maximum absolute atomic E-state index is 12.4. The summed E-state index contributed by atoms with van der Waals surface area (Å²) < 4.78 is 11.0. The molecular formula is C12H15NO3S. The van der Waals surface area contributed by atoms with Crippen LogP contribution in [0.4, 0.5) is 0 Å². The van der Waals surface area contributed by atoms with Crippen LogP contribution < -0.4 is 0 Å². The summed E-state index contributed by atoms with van der Waals surface area (Å²) in [5.41, 5.74) is 0.556. The number of hydrogen-bond acceptors (Lipinski definition) is 4. The molecule has 5 heteroatoms. The van der Waals surface area contributed by atoms with Gasteiger partial charge in [0.25, 0.3) is 5.91 Å². The van der Waals surface area contributed by atoms with Crippen molar-refractivity contribution in [2.45, 2.75) is 12.0 Å². The van der Waals surface area contributed by atoms with Crippen LogP contribution in [0.5, 0.6) is 0 Å². The van der Waals surface area contributed by atoms with Crippen molar-refractivity contribution in [3.05, 3.63) is 22.4 Å². The van der Waals surface area contributed by atoms with Gasteiger partial charge in [-0.2, -0.15) is 11.3 Å². The molecule has 1 amide bonds. The Bertz CT molecular complexity index is 398. The molecule has 0 radical (unpaired) electrons. The standard InChI is InChI=1S/C12H15NO3S/c14-11(10-1-6-17-7-10)13-3-5-16-9-12(13)2-4-15-8-12/h1,6-7H,2-5,8-9H2. The Morgan fingerprint density at radius 1 is 1.35 bits per heavy atom. The first-order valence-corrected chi connectivity index (χ1v) is 6.76. The van der Waals surface area contributed by atoms with Crippen molar-refractivity contribution < 1.29 is 14.3 Å². The van der Waals surface area contributed by atoms with Crippen LogP contribution in [0.3, 0.4) is 0 Å². The second-order valence-electron chi connectivity index (χ2n) is 4.55. The molecule has 1 spiro atoms. The maximum Gasteiger partial charge on any atom is 0.255 e. The zero-order chi connectivity index (χ0) is 11.7. The van der Waals surface area contributed by atoms with Crippen molar-refractivity contribution in [2.24, 2.45) is 0 Å². The Balaban J connectivity index is 1.86. The molecule has 0 bridgehead atoms. The lowest BCUT2D eigenvalue weighted by Gasteiger charge is -2.43. The summed E-state index contributed by atoms with van der Waals surface area (Å²) >= 11 is 1.55. The minimum absolute atomic E-state index is 0.111. The summed E-state index contributed by atoms with van der Waals surface area (Å²) in [6, 6.07) is 1.88. The van der Waals surface area contributed by atoms with Crippen molar-refractivity contribution in [1.29, 1.82) is 0 Å². The van der Waals surface area contributed by atoms with Crippen LogP contribution in [-0.2, 0) is 9.47 Å². The van der Waals surface area contributed by atoms with Gasteiger partial charge in [-0.15, -0.1) is 0 Å². The molecular weight excluding hydrogens is 238 g/mol. The van der Waals surface area contributed by atoms with Crippen molar-refractivity contribution in [3.8, 4) is 0 Å². The van der Waals surface area contributed by atoms with Crippen molar-refractivity contribution in [3.63, 3.8) is 0 Å². The monoisotopic (exact) mass is 253 g/mol. The topological polar surface area (TPSA) is 38.8 Å². The molecule has 0 saturated carbocycles. The molecule has 92 valence electrons. The number of hydrogen-bond donors (Lipinski definition) is 0. The van der Waals surface area contributed by atoms with E-state index < -0.39 is 0 Å². The van der Waals surface area contributed by atoms with E-state index in [-0.39, 0.29) is 11.4 Å². The predicted molar refractivity (Wildman–Crippen MR) is 64.3 cm³/mol. The Kier molecular flexibility index (Phi) is 2.90. The highest BCUT2D eigenvalue weighted by molar-refractivity contribution is 7.08. The predicted octanol–water partition coefficient (Wildman–Crippen LogP) is 1.38. The average molecular weight is 253 g/mol. The van der Waals surface area contributed by atoms with Gasteiger partial charge in [-0.3, -0.25) is 4.79 Å². The molecule has 2 saturated heterocycles. The van der Waals surface area contributed by atoms with Gasteiger partial charge < -0.3 is 14.4 Å². The van der Waals surface area contributed by atoms with Crippen LogP contribution in [0.15, 0.2) is 16.8 Å². The summed E-state index contributed by atoms with van der Waals surface area (Å²) in [7, 11) is 0. The molecule has 0 aromatic carbocycles. The highest BCUT2D eigenvalue weighted by atomic mass is 32.1. The van der Waals surface area contributed by atoms with E-state index in [0.29, 0.717) is 26.4 Å². The van der Waals surface area contributed by atoms with Gasteiger partial charge in [0.1, 0.15) is 0 Å². The van der Waals surface area contributed by atoms with Crippen LogP contribution >= 0.6 is 11.3 Å². The van der Waals surface area contributed by atoms with E-state index in [9.17, 15) is 4.79 Å². The van der Waals surface area contributed by atoms with Gasteiger partial charge >= 0.3 is 0 Å². The quantitative estimate of drug-likeness (QED) is 0.759. The minimum atomic E-state index is -0.225. The fourth-order valence-electron chi connectivity index (χ4n) is 2.52. The summed E-state index contributed by atoms with van der Waals surface area (Å²) in [5, 5.41) is 3.84. The molecule has 17 heavy (non-hydrogen) atoms. The number of thiophene rings is 1. The summed E-state index contributed by atoms with van der Waals surface area (Å²) in [6.07, 6.45) is 0.878. The number of ether oxygens (including phenoxy) is 2.